The standard InChI is InChI=1S/C36H30N2O3.C36H30N2O2S.C36H30N2O2/c2*1-21(2)23-11-9-12-24(22(3)4)34(23)38-35(39)26-14-10-13-25-28(20-19-27(33(25)26)36(38)40)37-29-15-5-7-17-31(29)41-32-18-8-6-16-30(32)37;1-21(2)23-13-9-14-24(22(3)4)34(23)38-35(39)28-16-10-15-27-32(20-19-29(33(27)28)36(38)40)37-30-17-7-5-11-25(30)26-12-6-8-18-31(26)37/h2*5-22H,1-4H3;5-22H,1-4H3. The Balaban J connectivity index is 0.000000121. The molecule has 0 aliphatic carbocycles. The van der Waals surface area contributed by atoms with Crippen LogP contribution in [0.3, 0.4) is 0 Å². The van der Waals surface area contributed by atoms with Crippen molar-refractivity contribution < 1.29 is 33.5 Å². The lowest BCUT2D eigenvalue weighted by atomic mass is 9.88. The van der Waals surface area contributed by atoms with Crippen LogP contribution in [0.25, 0.3) is 59.8 Å². The number of hydrogen-bond donors (Lipinski definition) is 0. The van der Waals surface area contributed by atoms with E-state index in [2.05, 4.69) is 182 Å². The van der Waals surface area contributed by atoms with E-state index in [1.165, 1.54) is 25.5 Å². The van der Waals surface area contributed by atoms with Crippen LogP contribution in [0.2, 0.25) is 0 Å². The molecule has 13 nitrogen and oxygen atoms in total. The first-order valence-electron chi connectivity index (χ1n) is 42.1. The first kappa shape index (κ1) is 77.9. The zero-order chi connectivity index (χ0) is 84.5. The van der Waals surface area contributed by atoms with E-state index in [9.17, 15) is 28.8 Å². The Bertz CT molecular complexity index is 6560. The summed E-state index contributed by atoms with van der Waals surface area (Å²) in [6.07, 6.45) is 0. The normalized spacial score (nSPS) is 13.9. The van der Waals surface area contributed by atoms with Gasteiger partial charge in [0.1, 0.15) is 0 Å². The number of amides is 6. The van der Waals surface area contributed by atoms with Crippen LogP contribution in [-0.4, -0.2) is 40.0 Å². The van der Waals surface area contributed by atoms with E-state index in [1.54, 1.807) is 11.8 Å². The third-order valence-electron chi connectivity index (χ3n) is 24.5. The Morgan fingerprint density at radius 1 is 0.221 bits per heavy atom. The molecule has 600 valence electrons. The molecule has 0 N–H and O–H groups in total. The summed E-state index contributed by atoms with van der Waals surface area (Å²) in [6, 6.07) is 96.7. The number of fused-ring (bicyclic) bond motifs is 7. The van der Waals surface area contributed by atoms with E-state index in [1.807, 2.05) is 206 Å². The van der Waals surface area contributed by atoms with Crippen molar-refractivity contribution in [1.82, 2.24) is 4.57 Å². The first-order valence-corrected chi connectivity index (χ1v) is 43.0. The number of aromatic nitrogens is 1. The molecule has 5 aliphatic heterocycles. The molecule has 15 aromatic carbocycles. The Morgan fingerprint density at radius 2 is 0.475 bits per heavy atom. The minimum Gasteiger partial charge on any atom is -0.453 e. The van der Waals surface area contributed by atoms with Gasteiger partial charge in [-0.05, 0) is 184 Å². The molecule has 0 unspecified atom stereocenters. The van der Waals surface area contributed by atoms with Gasteiger partial charge in [-0.15, -0.1) is 0 Å². The summed E-state index contributed by atoms with van der Waals surface area (Å²) in [6.45, 7) is 25.2. The van der Waals surface area contributed by atoms with Gasteiger partial charge in [0.05, 0.1) is 67.9 Å². The van der Waals surface area contributed by atoms with Crippen molar-refractivity contribution in [3.8, 4) is 17.2 Å². The lowest BCUT2D eigenvalue weighted by Crippen LogP contribution is -2.41. The zero-order valence-electron chi connectivity index (χ0n) is 70.1. The molecule has 14 heteroatoms. The quantitative estimate of drug-likeness (QED) is 0.109. The highest BCUT2D eigenvalue weighted by atomic mass is 32.2. The monoisotopic (exact) mass is 1610 g/mol. The van der Waals surface area contributed by atoms with Gasteiger partial charge in [-0.1, -0.05) is 271 Å². The number of rotatable bonds is 12. The van der Waals surface area contributed by atoms with Crippen molar-refractivity contribution in [2.45, 2.75) is 128 Å². The molecule has 6 heterocycles. The third-order valence-corrected chi connectivity index (χ3v) is 25.6. The highest BCUT2D eigenvalue weighted by Crippen LogP contribution is 2.56. The van der Waals surface area contributed by atoms with Gasteiger partial charge in [0.15, 0.2) is 11.5 Å². The van der Waals surface area contributed by atoms with Crippen molar-refractivity contribution in [2.24, 2.45) is 0 Å². The van der Waals surface area contributed by atoms with Gasteiger partial charge in [0.2, 0.25) is 0 Å². The predicted octanol–water partition coefficient (Wildman–Crippen LogP) is 28.3. The number of para-hydroxylation sites is 11. The highest BCUT2D eigenvalue weighted by Gasteiger charge is 2.43. The van der Waals surface area contributed by atoms with Gasteiger partial charge in [0, 0.05) is 86.3 Å². The highest BCUT2D eigenvalue weighted by molar-refractivity contribution is 7.99. The summed E-state index contributed by atoms with van der Waals surface area (Å²) in [7, 11) is 0. The summed E-state index contributed by atoms with van der Waals surface area (Å²) >= 11 is 1.76. The maximum Gasteiger partial charge on any atom is 0.266 e. The van der Waals surface area contributed by atoms with Crippen molar-refractivity contribution >= 4 is 153 Å². The molecule has 0 bridgehead atoms. The first-order chi connectivity index (χ1) is 59.1. The molecule has 21 rings (SSSR count). The van der Waals surface area contributed by atoms with Gasteiger partial charge in [-0.2, -0.15) is 0 Å². The van der Waals surface area contributed by atoms with Crippen molar-refractivity contribution in [1.29, 1.82) is 0 Å². The van der Waals surface area contributed by atoms with Crippen LogP contribution >= 0.6 is 11.8 Å². The van der Waals surface area contributed by atoms with Gasteiger partial charge >= 0.3 is 0 Å². The van der Waals surface area contributed by atoms with Crippen LogP contribution < -0.4 is 29.2 Å². The number of carbonyl (C=O) groups excluding carboxylic acids is 6. The second-order valence-corrected chi connectivity index (χ2v) is 34.9. The Hall–Kier alpha value is -14.0. The van der Waals surface area contributed by atoms with E-state index < -0.39 is 0 Å². The molecule has 1 aromatic heterocycles. The Labute approximate surface area is 714 Å². The summed E-state index contributed by atoms with van der Waals surface area (Å²) < 4.78 is 8.47. The van der Waals surface area contributed by atoms with E-state index in [4.69, 9.17) is 4.74 Å². The summed E-state index contributed by atoms with van der Waals surface area (Å²) in [5.41, 5.74) is 20.4. The Kier molecular flexibility index (Phi) is 19.6. The van der Waals surface area contributed by atoms with Crippen molar-refractivity contribution in [2.75, 3.05) is 24.5 Å². The Morgan fingerprint density at radius 3 is 0.811 bits per heavy atom. The fourth-order valence-corrected chi connectivity index (χ4v) is 19.9. The van der Waals surface area contributed by atoms with E-state index in [0.717, 1.165) is 150 Å². The number of ether oxygens (including phenoxy) is 1. The van der Waals surface area contributed by atoms with E-state index >= 15 is 0 Å². The van der Waals surface area contributed by atoms with Crippen molar-refractivity contribution in [3.05, 3.63) is 358 Å². The lowest BCUT2D eigenvalue weighted by Gasteiger charge is -2.35. The second-order valence-electron chi connectivity index (χ2n) is 33.8. The number of nitrogens with zero attached hydrogens (tertiary/aromatic N) is 6. The predicted molar refractivity (Wildman–Crippen MR) is 497 cm³/mol. The van der Waals surface area contributed by atoms with Crippen LogP contribution in [0.1, 0.15) is 214 Å². The molecule has 0 radical (unpaired) electrons. The number of imide groups is 3. The molecule has 0 saturated heterocycles. The van der Waals surface area contributed by atoms with Crippen molar-refractivity contribution in [3.63, 3.8) is 0 Å². The molecule has 0 atom stereocenters. The maximum atomic E-state index is 14.3. The van der Waals surface area contributed by atoms with Crippen LogP contribution in [0.4, 0.5) is 51.2 Å². The summed E-state index contributed by atoms with van der Waals surface area (Å²) in [5, 5.41) is 7.09. The molecule has 0 fully saturated rings. The molecule has 0 saturated carbocycles. The van der Waals surface area contributed by atoms with Crippen LogP contribution in [0, 0.1) is 0 Å². The smallest absolute Gasteiger partial charge is 0.266 e. The average Bonchev–Trinajstić information content (AvgIpc) is 1.48. The minimum atomic E-state index is -0.289. The molecular formula is C108H90N6O7S. The molecule has 16 aromatic rings. The molecule has 5 aliphatic rings. The number of anilines is 9. The fraction of sp³-hybridized carbons (Fsp3) is 0.167. The topological polar surface area (TPSA) is 133 Å². The van der Waals surface area contributed by atoms with E-state index in [-0.39, 0.29) is 71.0 Å². The number of benzene rings is 15. The lowest BCUT2D eigenvalue weighted by molar-refractivity contribution is 0.0877. The van der Waals surface area contributed by atoms with Crippen LogP contribution in [0.15, 0.2) is 301 Å². The second kappa shape index (κ2) is 30.7. The average molecular weight is 1620 g/mol. The summed E-state index contributed by atoms with van der Waals surface area (Å²) in [5.74, 6) is 0.755. The molecule has 122 heavy (non-hydrogen) atoms. The molecule has 0 spiro atoms. The number of carbonyl (C=O) groups is 6. The van der Waals surface area contributed by atoms with Gasteiger partial charge in [0.25, 0.3) is 35.4 Å². The third kappa shape index (κ3) is 12.4. The maximum absolute atomic E-state index is 14.3. The molecule has 6 amide bonds. The van der Waals surface area contributed by atoms with Gasteiger partial charge < -0.3 is 19.1 Å². The zero-order valence-corrected chi connectivity index (χ0v) is 70.9. The van der Waals surface area contributed by atoms with E-state index in [0.29, 0.717) is 38.8 Å². The number of hydrogen-bond acceptors (Lipinski definition) is 10. The fourth-order valence-electron chi connectivity index (χ4n) is 18.9. The minimum absolute atomic E-state index is 0.144. The SMILES string of the molecule is CC(C)c1cccc(C(C)C)c1N1C(=O)c2cccc3c(-n4c5ccccc5c5ccccc54)ccc(c23)C1=O.CC(C)c1cccc(C(C)C)c1N1C(=O)c2cccc3c(N4c5ccccc5Oc5ccccc54)ccc(c23)C1=O.CC(C)c1cccc(C(C)C)c1N1C(=O)c2cccc3c(N4c5ccccc5Sc5ccccc54)ccc(c23)C1=O. The summed E-state index contributed by atoms with van der Waals surface area (Å²) in [4.78, 5) is 96.9. The largest absolute Gasteiger partial charge is 0.453 e. The van der Waals surface area contributed by atoms with Crippen LogP contribution in [0.5, 0.6) is 11.5 Å². The molecular weight excluding hydrogens is 1530 g/mol. The van der Waals surface area contributed by atoms with Gasteiger partial charge in [-0.3, -0.25) is 28.8 Å². The van der Waals surface area contributed by atoms with Crippen LogP contribution in [-0.2, 0) is 0 Å². The van der Waals surface area contributed by atoms with Gasteiger partial charge in [-0.25, -0.2) is 14.7 Å².